The van der Waals surface area contributed by atoms with Gasteiger partial charge in [-0.25, -0.2) is 4.98 Å². The number of rotatable bonds is 5. The van der Waals surface area contributed by atoms with Crippen LogP contribution in [0.1, 0.15) is 32.3 Å². The van der Waals surface area contributed by atoms with Gasteiger partial charge < -0.3 is 5.32 Å². The Balaban J connectivity index is 2.06. The van der Waals surface area contributed by atoms with Gasteiger partial charge in [-0.2, -0.15) is 0 Å². The van der Waals surface area contributed by atoms with Gasteiger partial charge in [-0.15, -0.1) is 0 Å². The SMILES string of the molecule is Cc1cnc(NCC2(C(C)C)CC2)cc1[N+](=O)[O-]. The molecule has 5 nitrogen and oxygen atoms in total. The van der Waals surface area contributed by atoms with Crippen LogP contribution in [0.5, 0.6) is 0 Å². The second kappa shape index (κ2) is 4.55. The fraction of sp³-hybridized carbons (Fsp3) is 0.615. The lowest BCUT2D eigenvalue weighted by Crippen LogP contribution is -2.21. The van der Waals surface area contributed by atoms with E-state index < -0.39 is 0 Å². The van der Waals surface area contributed by atoms with Crippen molar-refractivity contribution >= 4 is 11.5 Å². The highest BCUT2D eigenvalue weighted by molar-refractivity contribution is 5.49. The molecule has 1 aromatic heterocycles. The molecule has 0 spiro atoms. The third-order valence-corrected chi connectivity index (χ3v) is 4.01. The van der Waals surface area contributed by atoms with Gasteiger partial charge in [0, 0.05) is 18.3 Å². The number of hydrogen-bond acceptors (Lipinski definition) is 4. The molecule has 18 heavy (non-hydrogen) atoms. The topological polar surface area (TPSA) is 68.1 Å². The van der Waals surface area contributed by atoms with Crippen LogP contribution in [0.3, 0.4) is 0 Å². The zero-order valence-electron chi connectivity index (χ0n) is 11.1. The molecule has 1 saturated carbocycles. The number of aromatic nitrogens is 1. The van der Waals surface area contributed by atoms with Crippen LogP contribution >= 0.6 is 0 Å². The summed E-state index contributed by atoms with van der Waals surface area (Å²) in [6, 6.07) is 1.52. The zero-order chi connectivity index (χ0) is 13.3. The average Bonchev–Trinajstić information content (AvgIpc) is 3.08. The van der Waals surface area contributed by atoms with Crippen LogP contribution in [0.25, 0.3) is 0 Å². The summed E-state index contributed by atoms with van der Waals surface area (Å²) in [6.45, 7) is 6.99. The van der Waals surface area contributed by atoms with Crippen LogP contribution in [0, 0.1) is 28.4 Å². The highest BCUT2D eigenvalue weighted by Gasteiger charge is 2.44. The molecular weight excluding hydrogens is 230 g/mol. The maximum Gasteiger partial charge on any atom is 0.277 e. The lowest BCUT2D eigenvalue weighted by molar-refractivity contribution is -0.385. The molecule has 98 valence electrons. The molecule has 0 saturated heterocycles. The first-order valence-corrected chi connectivity index (χ1v) is 6.29. The predicted octanol–water partition coefficient (Wildman–Crippen LogP) is 3.15. The monoisotopic (exact) mass is 249 g/mol. The maximum absolute atomic E-state index is 10.8. The second-order valence-electron chi connectivity index (χ2n) is 5.48. The van der Waals surface area contributed by atoms with Crippen molar-refractivity contribution in [2.75, 3.05) is 11.9 Å². The van der Waals surface area contributed by atoms with Crippen LogP contribution in [0.15, 0.2) is 12.3 Å². The first-order valence-electron chi connectivity index (χ1n) is 6.29. The number of anilines is 1. The largest absolute Gasteiger partial charge is 0.369 e. The summed E-state index contributed by atoms with van der Waals surface area (Å²) >= 11 is 0. The molecule has 5 heteroatoms. The van der Waals surface area contributed by atoms with Crippen molar-refractivity contribution in [1.29, 1.82) is 0 Å². The molecule has 1 N–H and O–H groups in total. The molecule has 0 aliphatic heterocycles. The number of pyridine rings is 1. The van der Waals surface area contributed by atoms with Gasteiger partial charge in [-0.05, 0) is 31.1 Å². The summed E-state index contributed by atoms with van der Waals surface area (Å²) in [5, 5.41) is 14.1. The Kier molecular flexibility index (Phi) is 3.24. The number of nitro groups is 1. The van der Waals surface area contributed by atoms with Crippen LogP contribution in [0.2, 0.25) is 0 Å². The highest BCUT2D eigenvalue weighted by Crippen LogP contribution is 2.51. The first kappa shape index (κ1) is 12.8. The molecule has 0 bridgehead atoms. The molecular formula is C13H19N3O2. The van der Waals surface area contributed by atoms with E-state index in [1.54, 1.807) is 13.1 Å². The van der Waals surface area contributed by atoms with Gasteiger partial charge >= 0.3 is 0 Å². The quantitative estimate of drug-likeness (QED) is 0.643. The lowest BCUT2D eigenvalue weighted by atomic mass is 9.92. The fourth-order valence-electron chi connectivity index (χ4n) is 2.19. The fourth-order valence-corrected chi connectivity index (χ4v) is 2.19. The van der Waals surface area contributed by atoms with E-state index in [2.05, 4.69) is 24.1 Å². The Bertz CT molecular complexity index is 467. The summed E-state index contributed by atoms with van der Waals surface area (Å²) in [4.78, 5) is 14.7. The molecule has 0 amide bonds. The summed E-state index contributed by atoms with van der Waals surface area (Å²) in [5.41, 5.74) is 1.08. The molecule has 1 aromatic rings. The van der Waals surface area contributed by atoms with Crippen molar-refractivity contribution in [2.45, 2.75) is 33.6 Å². The third-order valence-electron chi connectivity index (χ3n) is 4.01. The number of nitrogens with one attached hydrogen (secondary N) is 1. The van der Waals surface area contributed by atoms with E-state index in [9.17, 15) is 10.1 Å². The standard InChI is InChI=1S/C13H19N3O2/c1-9(2)13(4-5-13)8-15-12-6-11(16(17)18)10(3)7-14-12/h6-7,9H,4-5,8H2,1-3H3,(H,14,15). The Labute approximate surface area is 107 Å². The minimum Gasteiger partial charge on any atom is -0.369 e. The van der Waals surface area contributed by atoms with Crippen molar-refractivity contribution in [3.8, 4) is 0 Å². The van der Waals surface area contributed by atoms with Crippen molar-refractivity contribution in [1.82, 2.24) is 4.98 Å². The molecule has 0 aromatic carbocycles. The second-order valence-corrected chi connectivity index (χ2v) is 5.48. The predicted molar refractivity (Wildman–Crippen MR) is 70.6 cm³/mol. The van der Waals surface area contributed by atoms with Gasteiger partial charge in [0.1, 0.15) is 5.82 Å². The Hall–Kier alpha value is -1.65. The van der Waals surface area contributed by atoms with E-state index in [4.69, 9.17) is 0 Å². The van der Waals surface area contributed by atoms with E-state index in [1.165, 1.54) is 18.9 Å². The Morgan fingerprint density at radius 1 is 1.56 bits per heavy atom. The number of aryl methyl sites for hydroxylation is 1. The van der Waals surface area contributed by atoms with Crippen molar-refractivity contribution in [2.24, 2.45) is 11.3 Å². The normalized spacial score (nSPS) is 16.7. The maximum atomic E-state index is 10.8. The van der Waals surface area contributed by atoms with Crippen molar-refractivity contribution in [3.63, 3.8) is 0 Å². The van der Waals surface area contributed by atoms with E-state index in [0.717, 1.165) is 6.54 Å². The smallest absolute Gasteiger partial charge is 0.277 e. The van der Waals surface area contributed by atoms with Crippen LogP contribution in [-0.4, -0.2) is 16.5 Å². The summed E-state index contributed by atoms with van der Waals surface area (Å²) in [5.74, 6) is 1.23. The Morgan fingerprint density at radius 2 is 2.22 bits per heavy atom. The zero-order valence-corrected chi connectivity index (χ0v) is 11.1. The van der Waals surface area contributed by atoms with E-state index >= 15 is 0 Å². The molecule has 1 aliphatic carbocycles. The molecule has 1 fully saturated rings. The highest BCUT2D eigenvalue weighted by atomic mass is 16.6. The molecule has 2 rings (SSSR count). The summed E-state index contributed by atoms with van der Waals surface area (Å²) in [7, 11) is 0. The minimum atomic E-state index is -0.364. The van der Waals surface area contributed by atoms with Crippen molar-refractivity contribution in [3.05, 3.63) is 27.9 Å². The average molecular weight is 249 g/mol. The van der Waals surface area contributed by atoms with E-state index in [-0.39, 0.29) is 10.6 Å². The van der Waals surface area contributed by atoms with Gasteiger partial charge in [-0.3, -0.25) is 10.1 Å². The van der Waals surface area contributed by atoms with Gasteiger partial charge in [0.05, 0.1) is 11.0 Å². The molecule has 1 aliphatic rings. The lowest BCUT2D eigenvalue weighted by Gasteiger charge is -2.20. The number of hydrogen-bond donors (Lipinski definition) is 1. The van der Waals surface area contributed by atoms with E-state index in [0.29, 0.717) is 22.7 Å². The van der Waals surface area contributed by atoms with Gasteiger partial charge in [0.2, 0.25) is 0 Å². The van der Waals surface area contributed by atoms with Crippen molar-refractivity contribution < 1.29 is 4.92 Å². The summed E-state index contributed by atoms with van der Waals surface area (Å²) < 4.78 is 0. The molecule has 0 atom stereocenters. The molecule has 0 radical (unpaired) electrons. The number of nitrogens with zero attached hydrogens (tertiary/aromatic N) is 2. The van der Waals surface area contributed by atoms with Crippen LogP contribution < -0.4 is 5.32 Å². The van der Waals surface area contributed by atoms with Gasteiger partial charge in [-0.1, -0.05) is 13.8 Å². The minimum absolute atomic E-state index is 0.127. The van der Waals surface area contributed by atoms with Crippen LogP contribution in [-0.2, 0) is 0 Å². The van der Waals surface area contributed by atoms with Gasteiger partial charge in [0.15, 0.2) is 0 Å². The molecule has 0 unspecified atom stereocenters. The molecule has 1 heterocycles. The third kappa shape index (κ3) is 2.44. The van der Waals surface area contributed by atoms with E-state index in [1.807, 2.05) is 0 Å². The summed E-state index contributed by atoms with van der Waals surface area (Å²) in [6.07, 6.45) is 4.01. The van der Waals surface area contributed by atoms with Gasteiger partial charge in [0.25, 0.3) is 5.69 Å². The van der Waals surface area contributed by atoms with Crippen LogP contribution in [0.4, 0.5) is 11.5 Å². The first-order chi connectivity index (χ1) is 8.44. The Morgan fingerprint density at radius 3 is 2.72 bits per heavy atom.